The first-order chi connectivity index (χ1) is 7.93. The van der Waals surface area contributed by atoms with Gasteiger partial charge in [-0.25, -0.2) is 0 Å². The van der Waals surface area contributed by atoms with Gasteiger partial charge in [0.1, 0.15) is 0 Å². The average molecular weight is 229 g/mol. The lowest BCUT2D eigenvalue weighted by Gasteiger charge is -2.22. The second-order valence-corrected chi connectivity index (χ2v) is 4.58. The Morgan fingerprint density at radius 1 is 1.12 bits per heavy atom. The Labute approximate surface area is 99.9 Å². The molecule has 0 spiro atoms. The zero-order valence-electron chi connectivity index (χ0n) is 10.7. The van der Waals surface area contributed by atoms with Crippen LogP contribution in [0.5, 0.6) is 0 Å². The summed E-state index contributed by atoms with van der Waals surface area (Å²) in [6, 6.07) is 0. The largest absolute Gasteiger partial charge is 0.379 e. The molecule has 1 unspecified atom stereocenters. The van der Waals surface area contributed by atoms with Crippen molar-refractivity contribution in [1.29, 1.82) is 0 Å². The van der Waals surface area contributed by atoms with Gasteiger partial charge in [0.15, 0.2) is 0 Å². The van der Waals surface area contributed by atoms with Crippen molar-refractivity contribution in [2.24, 2.45) is 5.92 Å². The fourth-order valence-corrected chi connectivity index (χ4v) is 1.99. The second-order valence-electron chi connectivity index (χ2n) is 4.58. The van der Waals surface area contributed by atoms with Gasteiger partial charge < -0.3 is 14.8 Å². The standard InChI is InChI=1S/C13H27NO2/c1-2-3-8-15-10-11-16-9-6-13-5-4-7-14-12-13/h13-14H,2-12H2,1H3. The van der Waals surface area contributed by atoms with Crippen molar-refractivity contribution in [2.75, 3.05) is 39.5 Å². The van der Waals surface area contributed by atoms with Gasteiger partial charge in [-0.05, 0) is 44.7 Å². The van der Waals surface area contributed by atoms with Gasteiger partial charge in [0.25, 0.3) is 0 Å². The monoisotopic (exact) mass is 229 g/mol. The van der Waals surface area contributed by atoms with Gasteiger partial charge in [0, 0.05) is 13.2 Å². The van der Waals surface area contributed by atoms with E-state index in [1.54, 1.807) is 0 Å². The predicted molar refractivity (Wildman–Crippen MR) is 66.8 cm³/mol. The molecule has 0 radical (unpaired) electrons. The molecule has 0 aromatic carbocycles. The number of hydrogen-bond acceptors (Lipinski definition) is 3. The first-order valence-corrected chi connectivity index (χ1v) is 6.79. The Kier molecular flexibility index (Phi) is 8.77. The lowest BCUT2D eigenvalue weighted by molar-refractivity contribution is 0.0408. The van der Waals surface area contributed by atoms with Crippen LogP contribution in [0.2, 0.25) is 0 Å². The lowest BCUT2D eigenvalue weighted by Crippen LogP contribution is -2.30. The van der Waals surface area contributed by atoms with E-state index in [-0.39, 0.29) is 0 Å². The number of ether oxygens (including phenoxy) is 2. The van der Waals surface area contributed by atoms with Crippen LogP contribution in [0.3, 0.4) is 0 Å². The van der Waals surface area contributed by atoms with Gasteiger partial charge in [-0.1, -0.05) is 13.3 Å². The van der Waals surface area contributed by atoms with Crippen molar-refractivity contribution in [3.8, 4) is 0 Å². The van der Waals surface area contributed by atoms with Crippen molar-refractivity contribution in [3.63, 3.8) is 0 Å². The molecule has 1 atom stereocenters. The minimum absolute atomic E-state index is 0.753. The molecule has 16 heavy (non-hydrogen) atoms. The second kappa shape index (κ2) is 10.1. The minimum atomic E-state index is 0.753. The first-order valence-electron chi connectivity index (χ1n) is 6.79. The highest BCUT2D eigenvalue weighted by molar-refractivity contribution is 4.68. The topological polar surface area (TPSA) is 30.5 Å². The van der Waals surface area contributed by atoms with Crippen molar-refractivity contribution in [2.45, 2.75) is 39.0 Å². The van der Waals surface area contributed by atoms with E-state index >= 15 is 0 Å². The molecule has 0 aliphatic carbocycles. The highest BCUT2D eigenvalue weighted by Crippen LogP contribution is 2.13. The van der Waals surface area contributed by atoms with E-state index in [2.05, 4.69) is 12.2 Å². The molecule has 1 fully saturated rings. The molecule has 0 saturated carbocycles. The molecule has 0 bridgehead atoms. The van der Waals surface area contributed by atoms with E-state index in [0.29, 0.717) is 0 Å². The maximum atomic E-state index is 5.56. The summed E-state index contributed by atoms with van der Waals surface area (Å²) < 4.78 is 11.0. The Morgan fingerprint density at radius 3 is 2.62 bits per heavy atom. The van der Waals surface area contributed by atoms with Crippen LogP contribution in [0.15, 0.2) is 0 Å². The zero-order chi connectivity index (χ0) is 11.5. The maximum absolute atomic E-state index is 5.56. The zero-order valence-corrected chi connectivity index (χ0v) is 10.7. The third kappa shape index (κ3) is 7.20. The molecular weight excluding hydrogens is 202 g/mol. The van der Waals surface area contributed by atoms with E-state index < -0.39 is 0 Å². The Balaban J connectivity index is 1.77. The highest BCUT2D eigenvalue weighted by Gasteiger charge is 2.11. The summed E-state index contributed by atoms with van der Waals surface area (Å²) in [4.78, 5) is 0. The van der Waals surface area contributed by atoms with Crippen LogP contribution in [0.25, 0.3) is 0 Å². The van der Waals surface area contributed by atoms with Crippen molar-refractivity contribution >= 4 is 0 Å². The Bertz CT molecular complexity index is 147. The Hall–Kier alpha value is -0.120. The van der Waals surface area contributed by atoms with Crippen LogP contribution < -0.4 is 5.32 Å². The number of hydrogen-bond donors (Lipinski definition) is 1. The van der Waals surface area contributed by atoms with Crippen LogP contribution in [0.1, 0.15) is 39.0 Å². The normalized spacial score (nSPS) is 21.2. The fraction of sp³-hybridized carbons (Fsp3) is 1.00. The fourth-order valence-electron chi connectivity index (χ4n) is 1.99. The lowest BCUT2D eigenvalue weighted by atomic mass is 9.97. The number of piperidine rings is 1. The number of rotatable bonds is 9. The summed E-state index contributed by atoms with van der Waals surface area (Å²) in [5, 5.41) is 3.43. The Morgan fingerprint density at radius 2 is 1.94 bits per heavy atom. The molecule has 1 N–H and O–H groups in total. The van der Waals surface area contributed by atoms with E-state index in [1.165, 1.54) is 38.8 Å². The van der Waals surface area contributed by atoms with Crippen LogP contribution in [0, 0.1) is 5.92 Å². The summed E-state index contributed by atoms with van der Waals surface area (Å²) in [5.41, 5.74) is 0. The molecule has 1 heterocycles. The molecule has 96 valence electrons. The van der Waals surface area contributed by atoms with Gasteiger partial charge in [-0.3, -0.25) is 0 Å². The quantitative estimate of drug-likeness (QED) is 0.615. The van der Waals surface area contributed by atoms with E-state index in [4.69, 9.17) is 9.47 Å². The van der Waals surface area contributed by atoms with Crippen LogP contribution in [0.4, 0.5) is 0 Å². The summed E-state index contributed by atoms with van der Waals surface area (Å²) in [6.45, 7) is 7.83. The van der Waals surface area contributed by atoms with Crippen molar-refractivity contribution in [3.05, 3.63) is 0 Å². The smallest absolute Gasteiger partial charge is 0.0700 e. The van der Waals surface area contributed by atoms with Crippen molar-refractivity contribution < 1.29 is 9.47 Å². The third-order valence-corrected chi connectivity index (χ3v) is 3.08. The molecule has 3 heteroatoms. The molecule has 0 aromatic heterocycles. The van der Waals surface area contributed by atoms with Crippen molar-refractivity contribution in [1.82, 2.24) is 5.32 Å². The van der Waals surface area contributed by atoms with Crippen LogP contribution >= 0.6 is 0 Å². The number of unbranched alkanes of at least 4 members (excludes halogenated alkanes) is 1. The molecule has 0 amide bonds. The van der Waals surface area contributed by atoms with E-state index in [0.717, 1.165) is 38.8 Å². The molecule has 1 rings (SSSR count). The molecular formula is C13H27NO2. The van der Waals surface area contributed by atoms with E-state index in [9.17, 15) is 0 Å². The summed E-state index contributed by atoms with van der Waals surface area (Å²) in [5.74, 6) is 0.828. The average Bonchev–Trinajstić information content (AvgIpc) is 2.34. The molecule has 1 aliphatic rings. The van der Waals surface area contributed by atoms with E-state index in [1.807, 2.05) is 0 Å². The van der Waals surface area contributed by atoms with Gasteiger partial charge in [0.2, 0.25) is 0 Å². The van der Waals surface area contributed by atoms with Gasteiger partial charge in [-0.2, -0.15) is 0 Å². The molecule has 1 saturated heterocycles. The van der Waals surface area contributed by atoms with Crippen LogP contribution in [-0.2, 0) is 9.47 Å². The molecule has 3 nitrogen and oxygen atoms in total. The number of nitrogens with one attached hydrogen (secondary N) is 1. The van der Waals surface area contributed by atoms with Gasteiger partial charge in [-0.15, -0.1) is 0 Å². The highest BCUT2D eigenvalue weighted by atomic mass is 16.5. The minimum Gasteiger partial charge on any atom is -0.379 e. The van der Waals surface area contributed by atoms with Gasteiger partial charge in [0.05, 0.1) is 13.2 Å². The predicted octanol–water partition coefficient (Wildman–Crippen LogP) is 2.21. The summed E-state index contributed by atoms with van der Waals surface area (Å²) >= 11 is 0. The first kappa shape index (κ1) is 13.9. The maximum Gasteiger partial charge on any atom is 0.0700 e. The van der Waals surface area contributed by atoms with Crippen LogP contribution in [-0.4, -0.2) is 39.5 Å². The summed E-state index contributed by atoms with van der Waals surface area (Å²) in [7, 11) is 0. The third-order valence-electron chi connectivity index (χ3n) is 3.08. The molecule has 0 aromatic rings. The SMILES string of the molecule is CCCCOCCOCCC1CCCNC1. The van der Waals surface area contributed by atoms with Gasteiger partial charge >= 0.3 is 0 Å². The summed E-state index contributed by atoms with van der Waals surface area (Å²) in [6.07, 6.45) is 6.25. The molecule has 1 aliphatic heterocycles.